The Kier molecular flexibility index (Phi) is 8.84. The molecule has 212 valence electrons. The van der Waals surface area contributed by atoms with Crippen molar-refractivity contribution in [3.63, 3.8) is 0 Å². The number of hydrogen-bond donors (Lipinski definition) is 3. The molecule has 4 rings (SSSR count). The van der Waals surface area contributed by atoms with Crippen LogP contribution < -0.4 is 25.8 Å². The van der Waals surface area contributed by atoms with Gasteiger partial charge in [-0.3, -0.25) is 15.0 Å². The minimum Gasteiger partial charge on any atom is -0.493 e. The summed E-state index contributed by atoms with van der Waals surface area (Å²) in [5.41, 5.74) is 11.0. The second-order valence-corrected chi connectivity index (χ2v) is 10.8. The van der Waals surface area contributed by atoms with Gasteiger partial charge >= 0.3 is 6.09 Å². The van der Waals surface area contributed by atoms with Crippen LogP contribution in [0.3, 0.4) is 0 Å². The number of benzene rings is 3. The van der Waals surface area contributed by atoms with Crippen molar-refractivity contribution in [3.8, 4) is 11.5 Å². The number of ether oxygens (including phenoxy) is 3. The topological polar surface area (TPSA) is 115 Å². The number of nitrogens with two attached hydrogens (primary N) is 1. The lowest BCUT2D eigenvalue weighted by Crippen LogP contribution is -2.32. The fourth-order valence-corrected chi connectivity index (χ4v) is 4.64. The molecule has 1 heterocycles. The zero-order valence-corrected chi connectivity index (χ0v) is 23.8. The number of amides is 2. The average Bonchev–Trinajstić information content (AvgIpc) is 2.90. The molecule has 0 bridgehead atoms. The molecule has 0 saturated carbocycles. The van der Waals surface area contributed by atoms with Gasteiger partial charge in [0.1, 0.15) is 5.60 Å². The molecule has 3 aromatic carbocycles. The largest absolute Gasteiger partial charge is 0.493 e. The van der Waals surface area contributed by atoms with Crippen molar-refractivity contribution in [2.45, 2.75) is 45.8 Å². The molecule has 1 aliphatic rings. The van der Waals surface area contributed by atoms with Gasteiger partial charge in [0.2, 0.25) is 0 Å². The normalized spacial score (nSPS) is 13.2. The summed E-state index contributed by atoms with van der Waals surface area (Å²) in [6, 6.07) is 16.7. The van der Waals surface area contributed by atoms with E-state index in [1.807, 2.05) is 24.3 Å². The first kappa shape index (κ1) is 28.8. The van der Waals surface area contributed by atoms with Gasteiger partial charge in [0, 0.05) is 36.7 Å². The van der Waals surface area contributed by atoms with E-state index in [4.69, 9.17) is 19.9 Å². The maximum atomic E-state index is 12.8. The number of hydrogen-bond acceptors (Lipinski definition) is 7. The molecule has 40 heavy (non-hydrogen) atoms. The van der Waals surface area contributed by atoms with Gasteiger partial charge in [0.05, 0.1) is 19.8 Å². The summed E-state index contributed by atoms with van der Waals surface area (Å²) in [6.45, 7) is 8.14. The second-order valence-electron chi connectivity index (χ2n) is 10.8. The summed E-state index contributed by atoms with van der Waals surface area (Å²) >= 11 is 0. The number of nitrogen functional groups attached to an aromatic ring is 1. The van der Waals surface area contributed by atoms with Crippen LogP contribution in [-0.4, -0.2) is 49.8 Å². The lowest BCUT2D eigenvalue weighted by molar-refractivity contribution is 0.0636. The van der Waals surface area contributed by atoms with Crippen molar-refractivity contribution in [2.75, 3.05) is 43.7 Å². The molecule has 9 nitrogen and oxygen atoms in total. The van der Waals surface area contributed by atoms with Gasteiger partial charge in [-0.1, -0.05) is 12.1 Å². The van der Waals surface area contributed by atoms with E-state index in [0.717, 1.165) is 44.0 Å². The quantitative estimate of drug-likeness (QED) is 0.320. The van der Waals surface area contributed by atoms with Crippen LogP contribution >= 0.6 is 0 Å². The number of carbonyl (C=O) groups excluding carboxylic acids is 2. The number of rotatable bonds is 8. The van der Waals surface area contributed by atoms with Crippen molar-refractivity contribution < 1.29 is 23.8 Å². The fraction of sp³-hybridized carbons (Fsp3) is 0.355. The molecule has 0 atom stereocenters. The Bertz CT molecular complexity index is 1370. The third-order valence-electron chi connectivity index (χ3n) is 6.67. The van der Waals surface area contributed by atoms with Crippen molar-refractivity contribution in [3.05, 3.63) is 76.9 Å². The third kappa shape index (κ3) is 7.45. The van der Waals surface area contributed by atoms with Crippen LogP contribution in [0.1, 0.15) is 47.8 Å². The van der Waals surface area contributed by atoms with Crippen molar-refractivity contribution in [1.29, 1.82) is 0 Å². The van der Waals surface area contributed by atoms with Crippen LogP contribution in [0.25, 0.3) is 0 Å². The molecule has 2 amide bonds. The predicted molar refractivity (Wildman–Crippen MR) is 157 cm³/mol. The summed E-state index contributed by atoms with van der Waals surface area (Å²) in [5, 5.41) is 5.52. The van der Waals surface area contributed by atoms with Crippen molar-refractivity contribution >= 4 is 29.1 Å². The first-order valence-corrected chi connectivity index (χ1v) is 13.3. The van der Waals surface area contributed by atoms with E-state index in [1.54, 1.807) is 47.1 Å². The molecule has 0 radical (unpaired) electrons. The molecule has 0 spiro atoms. The molecule has 1 aliphatic heterocycles. The van der Waals surface area contributed by atoms with E-state index in [1.165, 1.54) is 22.8 Å². The number of carbonyl (C=O) groups is 2. The van der Waals surface area contributed by atoms with Gasteiger partial charge in [-0.05, 0) is 92.8 Å². The summed E-state index contributed by atoms with van der Waals surface area (Å²) in [4.78, 5) is 27.3. The van der Waals surface area contributed by atoms with E-state index in [-0.39, 0.29) is 11.6 Å². The maximum absolute atomic E-state index is 12.8. The Morgan fingerprint density at radius 3 is 2.17 bits per heavy atom. The number of methoxy groups -OCH3 is 2. The van der Waals surface area contributed by atoms with Gasteiger partial charge in [-0.15, -0.1) is 0 Å². The van der Waals surface area contributed by atoms with Gasteiger partial charge in [0.15, 0.2) is 11.5 Å². The first-order valence-electron chi connectivity index (χ1n) is 13.3. The number of nitrogens with one attached hydrogen (secondary N) is 2. The van der Waals surface area contributed by atoms with Gasteiger partial charge in [-0.2, -0.15) is 0 Å². The highest BCUT2D eigenvalue weighted by molar-refractivity contribution is 6.08. The zero-order chi connectivity index (χ0) is 28.9. The predicted octanol–water partition coefficient (Wildman–Crippen LogP) is 5.49. The molecular formula is C31H38N4O5. The SMILES string of the molecule is COc1cc2c(cc1OC)CN(CCc1ccc(NC(=O)c3ccc(NC(=O)OC(C)(C)C)cc3N)cc1)CC2. The van der Waals surface area contributed by atoms with E-state index in [2.05, 4.69) is 27.7 Å². The Morgan fingerprint density at radius 2 is 1.55 bits per heavy atom. The van der Waals surface area contributed by atoms with Crippen LogP contribution in [0.4, 0.5) is 21.9 Å². The van der Waals surface area contributed by atoms with E-state index >= 15 is 0 Å². The summed E-state index contributed by atoms with van der Waals surface area (Å²) in [6.07, 6.45) is 1.28. The summed E-state index contributed by atoms with van der Waals surface area (Å²) < 4.78 is 16.2. The first-order chi connectivity index (χ1) is 19.0. The standard InChI is InChI=1S/C31H38N4O5/c1-31(2,3)40-30(37)34-24-10-11-25(26(32)18-24)29(36)33-23-8-6-20(7-9-23)12-14-35-15-13-21-16-27(38-4)28(39-5)17-22(21)19-35/h6-11,16-18H,12-15,19,32H2,1-5H3,(H,33,36)(H,34,37). The van der Waals surface area contributed by atoms with Crippen LogP contribution in [-0.2, 0) is 24.1 Å². The zero-order valence-electron chi connectivity index (χ0n) is 23.8. The Labute approximate surface area is 235 Å². The van der Waals surface area contributed by atoms with E-state index < -0.39 is 11.7 Å². The van der Waals surface area contributed by atoms with E-state index in [0.29, 0.717) is 16.9 Å². The average molecular weight is 547 g/mol. The molecule has 0 saturated heterocycles. The van der Waals surface area contributed by atoms with Crippen LogP contribution in [0, 0.1) is 0 Å². The highest BCUT2D eigenvalue weighted by Crippen LogP contribution is 2.33. The summed E-state index contributed by atoms with van der Waals surface area (Å²) in [5.74, 6) is 1.21. The molecular weight excluding hydrogens is 508 g/mol. The highest BCUT2D eigenvalue weighted by Gasteiger charge is 2.20. The van der Waals surface area contributed by atoms with Gasteiger partial charge < -0.3 is 25.3 Å². The number of fused-ring (bicyclic) bond motifs is 1. The van der Waals surface area contributed by atoms with Crippen LogP contribution in [0.5, 0.6) is 11.5 Å². The van der Waals surface area contributed by atoms with Gasteiger partial charge in [-0.25, -0.2) is 4.79 Å². The third-order valence-corrected chi connectivity index (χ3v) is 6.67. The second kappa shape index (κ2) is 12.3. The Morgan fingerprint density at radius 1 is 0.900 bits per heavy atom. The smallest absolute Gasteiger partial charge is 0.412 e. The van der Waals surface area contributed by atoms with Crippen LogP contribution in [0.2, 0.25) is 0 Å². The minimum absolute atomic E-state index is 0.252. The van der Waals surface area contributed by atoms with Crippen molar-refractivity contribution in [1.82, 2.24) is 4.90 Å². The fourth-order valence-electron chi connectivity index (χ4n) is 4.64. The molecule has 4 N–H and O–H groups in total. The molecule has 0 aliphatic carbocycles. The molecule has 0 fully saturated rings. The Balaban J connectivity index is 1.29. The molecule has 0 unspecified atom stereocenters. The highest BCUT2D eigenvalue weighted by atomic mass is 16.6. The number of anilines is 3. The van der Waals surface area contributed by atoms with Gasteiger partial charge in [0.25, 0.3) is 5.91 Å². The molecule has 3 aromatic rings. The summed E-state index contributed by atoms with van der Waals surface area (Å²) in [7, 11) is 3.32. The monoisotopic (exact) mass is 546 g/mol. The Hall–Kier alpha value is -4.24. The van der Waals surface area contributed by atoms with Crippen molar-refractivity contribution in [2.24, 2.45) is 0 Å². The molecule has 0 aromatic heterocycles. The minimum atomic E-state index is -0.617. The lowest BCUT2D eigenvalue weighted by atomic mass is 9.98. The lowest BCUT2D eigenvalue weighted by Gasteiger charge is -2.29. The van der Waals surface area contributed by atoms with Crippen LogP contribution in [0.15, 0.2) is 54.6 Å². The maximum Gasteiger partial charge on any atom is 0.412 e. The van der Waals surface area contributed by atoms with E-state index in [9.17, 15) is 9.59 Å². The number of nitrogens with zero attached hydrogens (tertiary/aromatic N) is 1. The molecule has 9 heteroatoms.